The Morgan fingerprint density at radius 2 is 1.53 bits per heavy atom. The molecule has 3 aromatic carbocycles. The van der Waals surface area contributed by atoms with E-state index in [1.807, 2.05) is 0 Å². The molecule has 0 aliphatic carbocycles. The highest BCUT2D eigenvalue weighted by Crippen LogP contribution is 2.10. The van der Waals surface area contributed by atoms with Gasteiger partial charge in [0.2, 0.25) is 5.69 Å². The fourth-order valence-corrected chi connectivity index (χ4v) is 3.05. The number of rotatable bonds is 5. The van der Waals surface area contributed by atoms with E-state index in [2.05, 4.69) is 10.4 Å². The maximum absolute atomic E-state index is 14.2. The van der Waals surface area contributed by atoms with Crippen LogP contribution >= 0.6 is 0 Å². The van der Waals surface area contributed by atoms with Crippen LogP contribution in [0.2, 0.25) is 0 Å². The second kappa shape index (κ2) is 8.76. The predicted octanol–water partition coefficient (Wildman–Crippen LogP) is 2.97. The molecule has 1 N–H and O–H groups in total. The van der Waals surface area contributed by atoms with Gasteiger partial charge in [-0.15, -0.1) is 0 Å². The zero-order valence-corrected chi connectivity index (χ0v) is 16.5. The van der Waals surface area contributed by atoms with Crippen molar-refractivity contribution in [3.05, 3.63) is 123 Å². The highest BCUT2D eigenvalue weighted by molar-refractivity contribution is 6.02. The van der Waals surface area contributed by atoms with Crippen molar-refractivity contribution in [2.24, 2.45) is 0 Å². The lowest BCUT2D eigenvalue weighted by atomic mass is 10.2. The Bertz CT molecular complexity index is 1400. The number of anilines is 1. The highest BCUT2D eigenvalue weighted by Gasteiger charge is 2.21. The fourth-order valence-electron chi connectivity index (χ4n) is 3.05. The average molecular weight is 434 g/mol. The van der Waals surface area contributed by atoms with E-state index in [4.69, 9.17) is 0 Å². The standard InChI is InChI=1S/C23H16F2N4O3/c24-16-10-12-17(13-11-16)26-21(30)20-22(31)28(14-15-6-4-5-9-19(15)25)23(32)29(27-20)18-7-2-1-3-8-18/h1-13H,14H2,(H,26,30). The van der Waals surface area contributed by atoms with Crippen LogP contribution in [0.5, 0.6) is 0 Å². The number of benzene rings is 3. The molecular formula is C23H16F2N4O3. The summed E-state index contributed by atoms with van der Waals surface area (Å²) in [6.07, 6.45) is 0. The normalized spacial score (nSPS) is 10.7. The minimum absolute atomic E-state index is 0.0994. The van der Waals surface area contributed by atoms with Crippen molar-refractivity contribution in [2.45, 2.75) is 6.54 Å². The van der Waals surface area contributed by atoms with Gasteiger partial charge in [0.05, 0.1) is 12.2 Å². The Morgan fingerprint density at radius 3 is 2.22 bits per heavy atom. The third-order valence-electron chi connectivity index (χ3n) is 4.66. The van der Waals surface area contributed by atoms with Crippen LogP contribution in [0.1, 0.15) is 16.1 Å². The van der Waals surface area contributed by atoms with Gasteiger partial charge in [-0.2, -0.15) is 9.78 Å². The van der Waals surface area contributed by atoms with Crippen LogP contribution in [0.4, 0.5) is 14.5 Å². The predicted molar refractivity (Wildman–Crippen MR) is 114 cm³/mol. The smallest absolute Gasteiger partial charge is 0.320 e. The number of hydrogen-bond acceptors (Lipinski definition) is 4. The average Bonchev–Trinajstić information content (AvgIpc) is 2.80. The van der Waals surface area contributed by atoms with E-state index in [1.54, 1.807) is 36.4 Å². The third-order valence-corrected chi connectivity index (χ3v) is 4.66. The van der Waals surface area contributed by atoms with E-state index in [-0.39, 0.29) is 11.3 Å². The second-order valence-electron chi connectivity index (χ2n) is 6.82. The molecule has 0 aliphatic rings. The topological polar surface area (TPSA) is 86.0 Å². The number of carbonyl (C=O) groups is 1. The molecule has 0 unspecified atom stereocenters. The summed E-state index contributed by atoms with van der Waals surface area (Å²) < 4.78 is 29.0. The van der Waals surface area contributed by atoms with Gasteiger partial charge in [-0.3, -0.25) is 14.2 Å². The summed E-state index contributed by atoms with van der Waals surface area (Å²) in [5, 5.41) is 6.43. The van der Waals surface area contributed by atoms with E-state index in [0.29, 0.717) is 5.69 Å². The van der Waals surface area contributed by atoms with Gasteiger partial charge in [0.15, 0.2) is 0 Å². The van der Waals surface area contributed by atoms with Gasteiger partial charge < -0.3 is 5.32 Å². The number of hydrogen-bond donors (Lipinski definition) is 1. The zero-order valence-electron chi connectivity index (χ0n) is 16.5. The molecule has 0 spiro atoms. The number of amides is 1. The summed E-state index contributed by atoms with van der Waals surface area (Å²) in [6.45, 7) is -0.392. The van der Waals surface area contributed by atoms with E-state index in [0.717, 1.165) is 21.4 Å². The van der Waals surface area contributed by atoms with Crippen molar-refractivity contribution in [3.8, 4) is 5.69 Å². The molecule has 0 saturated carbocycles. The number of para-hydroxylation sites is 1. The molecule has 1 amide bonds. The van der Waals surface area contributed by atoms with E-state index >= 15 is 0 Å². The fraction of sp³-hybridized carbons (Fsp3) is 0.0435. The van der Waals surface area contributed by atoms with Gasteiger partial charge in [0.25, 0.3) is 11.5 Å². The molecule has 4 aromatic rings. The van der Waals surface area contributed by atoms with Crippen LogP contribution in [0.3, 0.4) is 0 Å². The Labute approximate surface area is 180 Å². The Kier molecular flexibility index (Phi) is 5.71. The number of halogens is 2. The van der Waals surface area contributed by atoms with Gasteiger partial charge in [-0.25, -0.2) is 13.6 Å². The molecule has 1 aromatic heterocycles. The van der Waals surface area contributed by atoms with Crippen LogP contribution in [-0.4, -0.2) is 20.3 Å². The molecule has 7 nitrogen and oxygen atoms in total. The number of carbonyl (C=O) groups excluding carboxylic acids is 1. The molecule has 0 bridgehead atoms. The first kappa shape index (κ1) is 20.9. The van der Waals surface area contributed by atoms with Gasteiger partial charge in [-0.1, -0.05) is 36.4 Å². The highest BCUT2D eigenvalue weighted by atomic mass is 19.1. The lowest BCUT2D eigenvalue weighted by Crippen LogP contribution is -2.45. The molecule has 0 saturated heterocycles. The van der Waals surface area contributed by atoms with Crippen LogP contribution < -0.4 is 16.6 Å². The van der Waals surface area contributed by atoms with E-state index in [9.17, 15) is 23.2 Å². The number of nitrogens with one attached hydrogen (secondary N) is 1. The summed E-state index contributed by atoms with van der Waals surface area (Å²) in [4.78, 5) is 38.9. The summed E-state index contributed by atoms with van der Waals surface area (Å²) in [5.74, 6) is -1.99. The quantitative estimate of drug-likeness (QED) is 0.523. The molecule has 0 fully saturated rings. The van der Waals surface area contributed by atoms with Crippen LogP contribution in [0.25, 0.3) is 5.69 Å². The van der Waals surface area contributed by atoms with Crippen LogP contribution in [0, 0.1) is 11.6 Å². The summed E-state index contributed by atoms with van der Waals surface area (Å²) in [6, 6.07) is 18.8. The Morgan fingerprint density at radius 1 is 0.875 bits per heavy atom. The minimum atomic E-state index is -0.981. The lowest BCUT2D eigenvalue weighted by Gasteiger charge is -2.12. The largest absolute Gasteiger partial charge is 0.352 e. The first-order valence-electron chi connectivity index (χ1n) is 9.54. The van der Waals surface area contributed by atoms with Crippen molar-refractivity contribution in [3.63, 3.8) is 0 Å². The number of nitrogens with zero attached hydrogens (tertiary/aromatic N) is 3. The summed E-state index contributed by atoms with van der Waals surface area (Å²) in [5.41, 5.74) is -1.74. The zero-order chi connectivity index (χ0) is 22.7. The van der Waals surface area contributed by atoms with Crippen molar-refractivity contribution < 1.29 is 13.6 Å². The monoisotopic (exact) mass is 434 g/mol. The van der Waals surface area contributed by atoms with Crippen molar-refractivity contribution >= 4 is 11.6 Å². The van der Waals surface area contributed by atoms with Gasteiger partial charge in [0.1, 0.15) is 11.6 Å². The second-order valence-corrected chi connectivity index (χ2v) is 6.82. The number of aromatic nitrogens is 3. The molecule has 160 valence electrons. The van der Waals surface area contributed by atoms with Crippen LogP contribution in [-0.2, 0) is 6.54 Å². The van der Waals surface area contributed by atoms with Crippen molar-refractivity contribution in [1.29, 1.82) is 0 Å². The van der Waals surface area contributed by atoms with E-state index < -0.39 is 41.0 Å². The molecular weight excluding hydrogens is 418 g/mol. The van der Waals surface area contributed by atoms with Gasteiger partial charge in [0, 0.05) is 11.3 Å². The summed E-state index contributed by atoms with van der Waals surface area (Å²) in [7, 11) is 0. The van der Waals surface area contributed by atoms with Gasteiger partial charge >= 0.3 is 5.69 Å². The molecule has 0 radical (unpaired) electrons. The first-order valence-corrected chi connectivity index (χ1v) is 9.54. The Balaban J connectivity index is 1.84. The molecule has 32 heavy (non-hydrogen) atoms. The van der Waals surface area contributed by atoms with Crippen molar-refractivity contribution in [1.82, 2.24) is 14.3 Å². The maximum Gasteiger partial charge on any atom is 0.352 e. The molecule has 4 rings (SSSR count). The molecule has 0 atom stereocenters. The van der Waals surface area contributed by atoms with Crippen LogP contribution in [0.15, 0.2) is 88.5 Å². The minimum Gasteiger partial charge on any atom is -0.320 e. The maximum atomic E-state index is 14.2. The van der Waals surface area contributed by atoms with E-state index in [1.165, 1.54) is 30.3 Å². The molecule has 0 aliphatic heterocycles. The first-order chi connectivity index (χ1) is 15.4. The molecule has 9 heteroatoms. The molecule has 1 heterocycles. The lowest BCUT2D eigenvalue weighted by molar-refractivity contribution is 0.101. The van der Waals surface area contributed by atoms with Gasteiger partial charge in [-0.05, 0) is 42.5 Å². The third kappa shape index (κ3) is 4.22. The van der Waals surface area contributed by atoms with Crippen molar-refractivity contribution in [2.75, 3.05) is 5.32 Å². The summed E-state index contributed by atoms with van der Waals surface area (Å²) >= 11 is 0. The SMILES string of the molecule is O=C(Nc1ccc(F)cc1)c1nn(-c2ccccc2)c(=O)n(Cc2ccccc2F)c1=O. The Hall–Kier alpha value is -4.40.